The second-order valence-electron chi connectivity index (χ2n) is 7.66. The summed E-state index contributed by atoms with van der Waals surface area (Å²) in [5, 5.41) is 1.31. The van der Waals surface area contributed by atoms with E-state index in [2.05, 4.69) is 19.7 Å². The molecule has 0 aliphatic rings. The van der Waals surface area contributed by atoms with Gasteiger partial charge in [-0.3, -0.25) is 4.79 Å². The second kappa shape index (κ2) is 8.51. The lowest BCUT2D eigenvalue weighted by molar-refractivity contribution is 0.0977. The number of nitrogens with zero attached hydrogens (tertiary/aromatic N) is 4. The normalized spacial score (nSPS) is 11.7. The van der Waals surface area contributed by atoms with Gasteiger partial charge in [-0.2, -0.15) is 0 Å². The molecule has 3 aromatic heterocycles. The third-order valence-corrected chi connectivity index (χ3v) is 7.05. The molecule has 1 N–H and O–H groups in total. The Balaban J connectivity index is 1.50. The van der Waals surface area contributed by atoms with Gasteiger partial charge in [-0.15, -0.1) is 0 Å². The number of fused-ring (bicyclic) bond motifs is 2. The molecule has 8 nitrogen and oxygen atoms in total. The van der Waals surface area contributed by atoms with Crippen LogP contribution in [0.15, 0.2) is 77.7 Å². The number of nitrogens with one attached hydrogen (secondary N) is 1. The van der Waals surface area contributed by atoms with Gasteiger partial charge >= 0.3 is 0 Å². The van der Waals surface area contributed by atoms with Crippen LogP contribution in [0.5, 0.6) is 0 Å². The van der Waals surface area contributed by atoms with Crippen molar-refractivity contribution in [3.8, 4) is 0 Å². The van der Waals surface area contributed by atoms with E-state index in [0.717, 1.165) is 16.5 Å². The fourth-order valence-electron chi connectivity index (χ4n) is 3.68. The number of aryl methyl sites for hydroxylation is 1. The molecular formula is C24H18ClN5O3S. The molecule has 1 amide bonds. The average Bonchev–Trinajstić information content (AvgIpc) is 3.14. The summed E-state index contributed by atoms with van der Waals surface area (Å²) in [6.45, 7) is 2.16. The smallest absolute Gasteiger partial charge is 0.283 e. The summed E-state index contributed by atoms with van der Waals surface area (Å²) < 4.78 is 29.0. The van der Waals surface area contributed by atoms with Crippen LogP contribution in [0.3, 0.4) is 0 Å². The minimum absolute atomic E-state index is 0.0104. The zero-order chi connectivity index (χ0) is 23.9. The first kappa shape index (κ1) is 22.0. The Morgan fingerprint density at radius 1 is 0.941 bits per heavy atom. The number of carbonyl (C=O) groups is 1. The number of rotatable bonds is 5. The predicted octanol–water partition coefficient (Wildman–Crippen LogP) is 4.11. The molecule has 5 rings (SSSR count). The lowest BCUT2D eigenvalue weighted by Crippen LogP contribution is -2.31. The van der Waals surface area contributed by atoms with Gasteiger partial charge in [0.05, 0.1) is 17.0 Å². The number of imidazole rings is 1. The maximum atomic E-state index is 12.7. The molecule has 0 fully saturated rings. The summed E-state index contributed by atoms with van der Waals surface area (Å²) in [5.74, 6) is -0.164. The highest BCUT2D eigenvalue weighted by atomic mass is 35.5. The highest BCUT2D eigenvalue weighted by Crippen LogP contribution is 2.24. The van der Waals surface area contributed by atoms with E-state index in [1.165, 1.54) is 18.2 Å². The number of para-hydroxylation sites is 1. The number of benzene rings is 2. The van der Waals surface area contributed by atoms with Gasteiger partial charge in [0.2, 0.25) is 0 Å². The van der Waals surface area contributed by atoms with Crippen molar-refractivity contribution in [2.75, 3.05) is 0 Å². The first-order valence-corrected chi connectivity index (χ1v) is 12.2. The molecule has 3 heterocycles. The van der Waals surface area contributed by atoms with Crippen LogP contribution in [0.4, 0.5) is 0 Å². The fraction of sp³-hybridized carbons (Fsp3) is 0.0833. The third-order valence-electron chi connectivity index (χ3n) is 5.37. The van der Waals surface area contributed by atoms with E-state index >= 15 is 0 Å². The number of pyridine rings is 2. The van der Waals surface area contributed by atoms with Crippen LogP contribution in [-0.4, -0.2) is 33.8 Å². The van der Waals surface area contributed by atoms with Crippen LogP contribution in [0.25, 0.3) is 22.1 Å². The number of halogens is 1. The number of hydrogen-bond acceptors (Lipinski definition) is 6. The largest absolute Gasteiger partial charge is 0.308 e. The molecule has 0 aliphatic heterocycles. The van der Waals surface area contributed by atoms with Crippen LogP contribution in [0.2, 0.25) is 5.15 Å². The van der Waals surface area contributed by atoms with E-state index in [-0.39, 0.29) is 10.6 Å². The van der Waals surface area contributed by atoms with Gasteiger partial charge in [-0.25, -0.2) is 28.1 Å². The van der Waals surface area contributed by atoms with Gasteiger partial charge in [-0.05, 0) is 43.3 Å². The average molecular weight is 492 g/mol. The number of aromatic nitrogens is 4. The molecule has 170 valence electrons. The Labute approximate surface area is 200 Å². The summed E-state index contributed by atoms with van der Waals surface area (Å²) in [5.41, 5.74) is 2.53. The Morgan fingerprint density at radius 2 is 1.68 bits per heavy atom. The standard InChI is InChI=1S/C24H18ClN5O3S/c1-15-26-20-11-12-21(24(31)29-34(32,33)18-8-3-2-4-9-18)28-23(20)30(15)14-17-13-16-7-5-6-10-19(16)27-22(17)25/h2-13H,14H2,1H3,(H,29,31). The van der Waals surface area contributed by atoms with Crippen LogP contribution in [0.1, 0.15) is 21.9 Å². The number of amides is 1. The van der Waals surface area contributed by atoms with Gasteiger partial charge in [0.1, 0.15) is 22.2 Å². The van der Waals surface area contributed by atoms with Gasteiger partial charge in [0.15, 0.2) is 5.65 Å². The van der Waals surface area contributed by atoms with Crippen molar-refractivity contribution in [1.82, 2.24) is 24.2 Å². The van der Waals surface area contributed by atoms with E-state index < -0.39 is 15.9 Å². The predicted molar refractivity (Wildman–Crippen MR) is 129 cm³/mol. The SMILES string of the molecule is Cc1nc2ccc(C(=O)NS(=O)(=O)c3ccccc3)nc2n1Cc1cc2ccccc2nc1Cl. The molecule has 0 bridgehead atoms. The molecule has 0 spiro atoms. The van der Waals surface area contributed by atoms with Gasteiger partial charge in [-0.1, -0.05) is 48.0 Å². The molecule has 0 atom stereocenters. The molecule has 0 radical (unpaired) electrons. The fourth-order valence-corrected chi connectivity index (χ4v) is 4.87. The Morgan fingerprint density at radius 3 is 2.47 bits per heavy atom. The molecule has 0 aliphatic carbocycles. The van der Waals surface area contributed by atoms with Crippen LogP contribution < -0.4 is 4.72 Å². The second-order valence-corrected chi connectivity index (χ2v) is 9.70. The summed E-state index contributed by atoms with van der Waals surface area (Å²) in [6, 6.07) is 20.4. The van der Waals surface area contributed by atoms with Crippen LogP contribution in [0, 0.1) is 6.92 Å². The topological polar surface area (TPSA) is 107 Å². The quantitative estimate of drug-likeness (QED) is 0.371. The van der Waals surface area contributed by atoms with Crippen molar-refractivity contribution in [1.29, 1.82) is 0 Å². The van der Waals surface area contributed by atoms with E-state index in [1.54, 1.807) is 24.3 Å². The van der Waals surface area contributed by atoms with Crippen molar-refractivity contribution in [3.05, 3.63) is 95.0 Å². The molecule has 0 saturated heterocycles. The first-order chi connectivity index (χ1) is 16.3. The lowest BCUT2D eigenvalue weighted by atomic mass is 10.1. The minimum atomic E-state index is -4.03. The van der Waals surface area contributed by atoms with Gasteiger partial charge in [0, 0.05) is 10.9 Å². The Kier molecular flexibility index (Phi) is 5.51. The van der Waals surface area contributed by atoms with Crippen molar-refractivity contribution in [3.63, 3.8) is 0 Å². The van der Waals surface area contributed by atoms with E-state index in [9.17, 15) is 13.2 Å². The van der Waals surface area contributed by atoms with Crippen molar-refractivity contribution >= 4 is 49.6 Å². The number of carbonyl (C=O) groups excluding carboxylic acids is 1. The highest BCUT2D eigenvalue weighted by Gasteiger charge is 2.21. The van der Waals surface area contributed by atoms with Gasteiger partial charge in [0.25, 0.3) is 15.9 Å². The van der Waals surface area contributed by atoms with Crippen LogP contribution >= 0.6 is 11.6 Å². The molecule has 0 saturated carbocycles. The lowest BCUT2D eigenvalue weighted by Gasteiger charge is -2.10. The molecule has 0 unspecified atom stereocenters. The monoisotopic (exact) mass is 491 g/mol. The first-order valence-electron chi connectivity index (χ1n) is 10.3. The summed E-state index contributed by atoms with van der Waals surface area (Å²) >= 11 is 6.44. The summed E-state index contributed by atoms with van der Waals surface area (Å²) in [4.78, 5) is 26.1. The molecule has 2 aromatic carbocycles. The Bertz CT molecular complexity index is 1670. The van der Waals surface area contributed by atoms with E-state index in [1.807, 2.05) is 41.8 Å². The molecule has 10 heteroatoms. The van der Waals surface area contributed by atoms with Crippen molar-refractivity contribution in [2.24, 2.45) is 0 Å². The van der Waals surface area contributed by atoms with E-state index in [0.29, 0.717) is 28.7 Å². The summed E-state index contributed by atoms with van der Waals surface area (Å²) in [7, 11) is -4.03. The third kappa shape index (κ3) is 4.11. The Hall–Kier alpha value is -3.82. The van der Waals surface area contributed by atoms with Gasteiger partial charge < -0.3 is 4.57 Å². The molecular weight excluding hydrogens is 474 g/mol. The van der Waals surface area contributed by atoms with Crippen molar-refractivity contribution < 1.29 is 13.2 Å². The molecule has 34 heavy (non-hydrogen) atoms. The summed E-state index contributed by atoms with van der Waals surface area (Å²) in [6.07, 6.45) is 0. The van der Waals surface area contributed by atoms with Crippen molar-refractivity contribution in [2.45, 2.75) is 18.4 Å². The number of hydrogen-bond donors (Lipinski definition) is 1. The zero-order valence-corrected chi connectivity index (χ0v) is 19.5. The highest BCUT2D eigenvalue weighted by molar-refractivity contribution is 7.90. The maximum Gasteiger partial charge on any atom is 0.283 e. The van der Waals surface area contributed by atoms with E-state index in [4.69, 9.17) is 11.6 Å². The molecule has 5 aromatic rings. The minimum Gasteiger partial charge on any atom is -0.308 e. The van der Waals surface area contributed by atoms with Crippen LogP contribution in [-0.2, 0) is 16.6 Å². The maximum absolute atomic E-state index is 12.7. The zero-order valence-electron chi connectivity index (χ0n) is 17.9. The number of sulfonamides is 1.